The third-order valence-electron chi connectivity index (χ3n) is 2.98. The van der Waals surface area contributed by atoms with Crippen molar-refractivity contribution in [3.05, 3.63) is 33.4 Å². The van der Waals surface area contributed by atoms with Crippen LogP contribution >= 0.6 is 22.6 Å². The Kier molecular flexibility index (Phi) is 3.44. The maximum atomic E-state index is 3.50. The molecule has 1 aromatic carbocycles. The van der Waals surface area contributed by atoms with Crippen molar-refractivity contribution in [3.63, 3.8) is 0 Å². The average Bonchev–Trinajstić information content (AvgIpc) is 2.12. The predicted octanol–water partition coefficient (Wildman–Crippen LogP) is 3.15. The van der Waals surface area contributed by atoms with Crippen molar-refractivity contribution in [2.75, 3.05) is 6.54 Å². The Labute approximate surface area is 99.4 Å². The lowest BCUT2D eigenvalue weighted by Gasteiger charge is -2.36. The number of rotatable bonds is 3. The van der Waals surface area contributed by atoms with E-state index in [2.05, 4.69) is 59.1 Å². The molecule has 1 aliphatic carbocycles. The highest BCUT2D eigenvalue weighted by Gasteiger charge is 2.30. The summed E-state index contributed by atoms with van der Waals surface area (Å²) in [4.78, 5) is 0. The number of benzene rings is 1. The Hall–Kier alpha value is -0.0900. The second-order valence-electron chi connectivity index (χ2n) is 3.94. The molecule has 2 rings (SSSR count). The first-order valence-corrected chi connectivity index (χ1v) is 6.37. The fraction of sp³-hybridized carbons (Fsp3) is 0.500. The molecule has 0 spiro atoms. The standard InChI is InChI=1S/C12H16IN/c1-2-14-10-7-9(8-10)11-5-3-4-6-12(11)13/h3-6,9-10,14H,2,7-8H2,1H3. The Morgan fingerprint density at radius 3 is 2.71 bits per heavy atom. The number of halogens is 1. The zero-order chi connectivity index (χ0) is 9.97. The van der Waals surface area contributed by atoms with Crippen molar-refractivity contribution < 1.29 is 0 Å². The van der Waals surface area contributed by atoms with Gasteiger partial charge in [-0.2, -0.15) is 0 Å². The van der Waals surface area contributed by atoms with E-state index in [1.165, 1.54) is 16.4 Å². The normalized spacial score (nSPS) is 25.9. The van der Waals surface area contributed by atoms with Crippen molar-refractivity contribution in [2.45, 2.75) is 31.7 Å². The molecule has 0 heterocycles. The monoisotopic (exact) mass is 301 g/mol. The smallest absolute Gasteiger partial charge is 0.0165 e. The first-order chi connectivity index (χ1) is 6.81. The van der Waals surface area contributed by atoms with E-state index >= 15 is 0 Å². The molecule has 0 atom stereocenters. The lowest BCUT2D eigenvalue weighted by atomic mass is 9.76. The lowest BCUT2D eigenvalue weighted by molar-refractivity contribution is 0.295. The molecule has 1 N–H and O–H groups in total. The van der Waals surface area contributed by atoms with Crippen molar-refractivity contribution in [3.8, 4) is 0 Å². The van der Waals surface area contributed by atoms with Crippen molar-refractivity contribution in [1.82, 2.24) is 5.32 Å². The molecule has 0 aliphatic heterocycles. The van der Waals surface area contributed by atoms with E-state index in [1.54, 1.807) is 5.56 Å². The summed E-state index contributed by atoms with van der Waals surface area (Å²) in [6.07, 6.45) is 2.63. The van der Waals surface area contributed by atoms with Gasteiger partial charge in [-0.15, -0.1) is 0 Å². The van der Waals surface area contributed by atoms with Gasteiger partial charge in [0.05, 0.1) is 0 Å². The molecule has 1 aromatic rings. The topological polar surface area (TPSA) is 12.0 Å². The Balaban J connectivity index is 1.96. The van der Waals surface area contributed by atoms with Gasteiger partial charge in [0.15, 0.2) is 0 Å². The molecule has 1 nitrogen and oxygen atoms in total. The second kappa shape index (κ2) is 4.62. The summed E-state index contributed by atoms with van der Waals surface area (Å²) in [5, 5.41) is 3.50. The maximum Gasteiger partial charge on any atom is 0.0165 e. The van der Waals surface area contributed by atoms with Crippen LogP contribution in [0.15, 0.2) is 24.3 Å². The highest BCUT2D eigenvalue weighted by atomic mass is 127. The SMILES string of the molecule is CCNC1CC(c2ccccc2I)C1. The van der Waals surface area contributed by atoms with Crippen molar-refractivity contribution >= 4 is 22.6 Å². The first kappa shape index (κ1) is 10.4. The summed E-state index contributed by atoms with van der Waals surface area (Å²) in [5.74, 6) is 0.798. The zero-order valence-electron chi connectivity index (χ0n) is 8.46. The molecular formula is C12H16IN. The first-order valence-electron chi connectivity index (χ1n) is 5.29. The summed E-state index contributed by atoms with van der Waals surface area (Å²) in [6, 6.07) is 9.51. The third-order valence-corrected chi connectivity index (χ3v) is 3.96. The summed E-state index contributed by atoms with van der Waals surface area (Å²) >= 11 is 2.44. The molecule has 0 amide bonds. The molecule has 0 saturated heterocycles. The van der Waals surface area contributed by atoms with E-state index in [0.29, 0.717) is 0 Å². The molecule has 2 heteroatoms. The van der Waals surface area contributed by atoms with Crippen LogP contribution in [0.25, 0.3) is 0 Å². The minimum Gasteiger partial charge on any atom is -0.314 e. The number of hydrogen-bond donors (Lipinski definition) is 1. The van der Waals surface area contributed by atoms with Crippen LogP contribution in [0.3, 0.4) is 0 Å². The van der Waals surface area contributed by atoms with Gasteiger partial charge in [0.2, 0.25) is 0 Å². The molecule has 1 saturated carbocycles. The minimum atomic E-state index is 0.765. The van der Waals surface area contributed by atoms with Gasteiger partial charge in [-0.25, -0.2) is 0 Å². The van der Waals surface area contributed by atoms with Crippen LogP contribution in [0.4, 0.5) is 0 Å². The van der Waals surface area contributed by atoms with Gasteiger partial charge in [-0.05, 0) is 59.5 Å². The quantitative estimate of drug-likeness (QED) is 0.846. The number of hydrogen-bond acceptors (Lipinski definition) is 1. The zero-order valence-corrected chi connectivity index (χ0v) is 10.6. The molecule has 1 aliphatic rings. The van der Waals surface area contributed by atoms with E-state index in [0.717, 1.165) is 18.5 Å². The van der Waals surface area contributed by atoms with Gasteiger partial charge in [0.25, 0.3) is 0 Å². The van der Waals surface area contributed by atoms with Crippen LogP contribution in [-0.2, 0) is 0 Å². The molecule has 0 radical (unpaired) electrons. The highest BCUT2D eigenvalue weighted by molar-refractivity contribution is 14.1. The van der Waals surface area contributed by atoms with Crippen LogP contribution in [0.5, 0.6) is 0 Å². The van der Waals surface area contributed by atoms with Gasteiger partial charge >= 0.3 is 0 Å². The Morgan fingerprint density at radius 1 is 1.36 bits per heavy atom. The van der Waals surface area contributed by atoms with Crippen molar-refractivity contribution in [2.24, 2.45) is 0 Å². The van der Waals surface area contributed by atoms with Gasteiger partial charge in [0.1, 0.15) is 0 Å². The van der Waals surface area contributed by atoms with E-state index in [4.69, 9.17) is 0 Å². The average molecular weight is 301 g/mol. The summed E-state index contributed by atoms with van der Waals surface area (Å²) in [6.45, 7) is 3.28. The van der Waals surface area contributed by atoms with E-state index in [1.807, 2.05) is 0 Å². The number of nitrogens with one attached hydrogen (secondary N) is 1. The maximum absolute atomic E-state index is 3.50. The van der Waals surface area contributed by atoms with Gasteiger partial charge in [-0.3, -0.25) is 0 Å². The molecule has 14 heavy (non-hydrogen) atoms. The summed E-state index contributed by atoms with van der Waals surface area (Å²) < 4.78 is 1.42. The third kappa shape index (κ3) is 2.11. The van der Waals surface area contributed by atoms with Crippen molar-refractivity contribution in [1.29, 1.82) is 0 Å². The van der Waals surface area contributed by atoms with E-state index in [-0.39, 0.29) is 0 Å². The fourth-order valence-corrected chi connectivity index (χ4v) is 2.96. The molecule has 0 bridgehead atoms. The van der Waals surface area contributed by atoms with Gasteiger partial charge in [0, 0.05) is 9.61 Å². The highest BCUT2D eigenvalue weighted by Crippen LogP contribution is 2.38. The molecule has 0 unspecified atom stereocenters. The van der Waals surface area contributed by atoms with Gasteiger partial charge < -0.3 is 5.32 Å². The molecule has 1 fully saturated rings. The summed E-state index contributed by atoms with van der Waals surface area (Å²) in [7, 11) is 0. The van der Waals surface area contributed by atoms with E-state index < -0.39 is 0 Å². The lowest BCUT2D eigenvalue weighted by Crippen LogP contribution is -2.40. The molecule has 0 aromatic heterocycles. The van der Waals surface area contributed by atoms with Crippen LogP contribution in [0, 0.1) is 3.57 Å². The Morgan fingerprint density at radius 2 is 2.07 bits per heavy atom. The predicted molar refractivity (Wildman–Crippen MR) is 68.6 cm³/mol. The van der Waals surface area contributed by atoms with Crippen LogP contribution in [-0.4, -0.2) is 12.6 Å². The van der Waals surface area contributed by atoms with Crippen LogP contribution < -0.4 is 5.32 Å². The van der Waals surface area contributed by atoms with Crippen LogP contribution in [0.1, 0.15) is 31.2 Å². The minimum absolute atomic E-state index is 0.765. The summed E-state index contributed by atoms with van der Waals surface area (Å²) in [5.41, 5.74) is 1.54. The van der Waals surface area contributed by atoms with Gasteiger partial charge in [-0.1, -0.05) is 25.1 Å². The molecular weight excluding hydrogens is 285 g/mol. The second-order valence-corrected chi connectivity index (χ2v) is 5.11. The largest absolute Gasteiger partial charge is 0.314 e. The molecule has 76 valence electrons. The fourth-order valence-electron chi connectivity index (χ4n) is 2.13. The Bertz CT molecular complexity index is 305. The van der Waals surface area contributed by atoms with E-state index in [9.17, 15) is 0 Å². The van der Waals surface area contributed by atoms with Crippen LogP contribution in [0.2, 0.25) is 0 Å².